The molecule has 0 unspecified atom stereocenters. The number of guanidine groups is 1. The van der Waals surface area contributed by atoms with Crippen LogP contribution in [0.2, 0.25) is 0 Å². The van der Waals surface area contributed by atoms with Crippen LogP contribution in [0.4, 0.5) is 0 Å². The van der Waals surface area contributed by atoms with E-state index >= 15 is 0 Å². The number of aromatic nitrogens is 2. The van der Waals surface area contributed by atoms with Crippen LogP contribution >= 0.6 is 12.4 Å². The van der Waals surface area contributed by atoms with Gasteiger partial charge < -0.3 is 16.2 Å². The lowest BCUT2D eigenvalue weighted by atomic mass is 10.1. The number of hydrogen-bond donors (Lipinski definition) is 2. The van der Waals surface area contributed by atoms with Gasteiger partial charge in [-0.05, 0) is 36.4 Å². The van der Waals surface area contributed by atoms with E-state index in [0.717, 1.165) is 28.3 Å². The molecule has 0 saturated heterocycles. The molecule has 7 nitrogen and oxygen atoms in total. The van der Waals surface area contributed by atoms with Crippen LogP contribution in [0.1, 0.15) is 5.56 Å². The summed E-state index contributed by atoms with van der Waals surface area (Å²) in [4.78, 5) is 0. The minimum absolute atomic E-state index is 0. The molecule has 0 radical (unpaired) electrons. The predicted molar refractivity (Wildman–Crippen MR) is 106 cm³/mol. The number of halogens is 1. The maximum Gasteiger partial charge on any atom is 0.211 e. The number of ether oxygens (including phenoxy) is 1. The highest BCUT2D eigenvalue weighted by atomic mass is 35.5. The van der Waals surface area contributed by atoms with Crippen LogP contribution < -0.4 is 16.2 Å². The molecule has 134 valence electrons. The first-order chi connectivity index (χ1) is 12.2. The molecule has 0 fully saturated rings. The Bertz CT molecular complexity index is 899. The Kier molecular flexibility index (Phi) is 6.35. The van der Waals surface area contributed by atoms with Crippen molar-refractivity contribution < 1.29 is 4.74 Å². The first-order valence-electron chi connectivity index (χ1n) is 7.59. The Balaban J connectivity index is 0.00000243. The Morgan fingerprint density at radius 2 is 1.77 bits per heavy atom. The van der Waals surface area contributed by atoms with Crippen molar-refractivity contribution >= 4 is 24.6 Å². The second-order valence-electron chi connectivity index (χ2n) is 5.21. The van der Waals surface area contributed by atoms with Gasteiger partial charge in [0.15, 0.2) is 0 Å². The molecule has 0 aliphatic rings. The second kappa shape index (κ2) is 8.68. The van der Waals surface area contributed by atoms with Gasteiger partial charge in [0.2, 0.25) is 5.96 Å². The van der Waals surface area contributed by atoms with Gasteiger partial charge in [0.05, 0.1) is 19.0 Å². The molecule has 1 heterocycles. The van der Waals surface area contributed by atoms with Gasteiger partial charge in [-0.3, -0.25) is 0 Å². The molecule has 0 aliphatic heterocycles. The van der Waals surface area contributed by atoms with Crippen LogP contribution in [0, 0.1) is 0 Å². The highest BCUT2D eigenvalue weighted by Gasteiger charge is 2.11. The summed E-state index contributed by atoms with van der Waals surface area (Å²) in [5.74, 6) is 0.680. The number of benzene rings is 2. The van der Waals surface area contributed by atoms with Gasteiger partial charge in [-0.15, -0.1) is 17.5 Å². The lowest BCUT2D eigenvalue weighted by molar-refractivity contribution is 0.415. The van der Waals surface area contributed by atoms with Crippen molar-refractivity contribution in [1.29, 1.82) is 0 Å². The Morgan fingerprint density at radius 1 is 1.08 bits per heavy atom. The van der Waals surface area contributed by atoms with Crippen molar-refractivity contribution in [3.05, 3.63) is 66.4 Å². The van der Waals surface area contributed by atoms with Gasteiger partial charge in [0.25, 0.3) is 0 Å². The van der Waals surface area contributed by atoms with Crippen LogP contribution in [-0.2, 0) is 0 Å². The third-order valence-corrected chi connectivity index (χ3v) is 3.50. The third kappa shape index (κ3) is 4.40. The van der Waals surface area contributed by atoms with Gasteiger partial charge in [0, 0.05) is 17.3 Å². The average molecular weight is 371 g/mol. The zero-order chi connectivity index (χ0) is 17.6. The van der Waals surface area contributed by atoms with Gasteiger partial charge in [-0.1, -0.05) is 18.2 Å². The molecule has 2 aromatic carbocycles. The van der Waals surface area contributed by atoms with Crippen LogP contribution in [0.5, 0.6) is 5.75 Å². The number of hydrogen-bond acceptors (Lipinski definition) is 4. The van der Waals surface area contributed by atoms with Gasteiger partial charge >= 0.3 is 0 Å². The number of nitrogens with two attached hydrogens (primary N) is 2. The van der Waals surface area contributed by atoms with E-state index in [-0.39, 0.29) is 18.4 Å². The summed E-state index contributed by atoms with van der Waals surface area (Å²) < 4.78 is 6.99. The summed E-state index contributed by atoms with van der Waals surface area (Å²) in [5.41, 5.74) is 14.1. The number of methoxy groups -OCH3 is 1. The summed E-state index contributed by atoms with van der Waals surface area (Å²) in [6, 6.07) is 17.5. The van der Waals surface area contributed by atoms with E-state index in [1.54, 1.807) is 18.0 Å². The minimum Gasteiger partial charge on any atom is -0.497 e. The Hall–Kier alpha value is -3.32. The number of nitrogens with zero attached hydrogens (tertiary/aromatic N) is 4. The summed E-state index contributed by atoms with van der Waals surface area (Å²) in [7, 11) is 1.63. The van der Waals surface area contributed by atoms with Gasteiger partial charge in [-0.2, -0.15) is 10.2 Å². The van der Waals surface area contributed by atoms with Crippen molar-refractivity contribution in [2.75, 3.05) is 7.11 Å². The number of para-hydroxylation sites is 1. The molecule has 0 bridgehead atoms. The SMILES string of the molecule is COc1ccc(-c2nn(-c3ccccc3)cc2/C=N/N=C(N)N)cc1.Cl. The first-order valence-corrected chi connectivity index (χ1v) is 7.59. The predicted octanol–water partition coefficient (Wildman–Crippen LogP) is 2.58. The molecule has 3 aromatic rings. The quantitative estimate of drug-likeness (QED) is 0.409. The van der Waals surface area contributed by atoms with Crippen molar-refractivity contribution in [2.24, 2.45) is 21.7 Å². The molecule has 3 rings (SSSR count). The topological polar surface area (TPSA) is 104 Å². The summed E-state index contributed by atoms with van der Waals surface area (Å²) in [6.07, 6.45) is 3.45. The third-order valence-electron chi connectivity index (χ3n) is 3.50. The standard InChI is InChI=1S/C18H18N6O.ClH/c1-25-16-9-7-13(8-10-16)17-14(11-21-22-18(19)20)12-24(23-17)15-5-3-2-4-6-15;/h2-12H,1H3,(H4,19,20,22);1H/b21-11+;. The van der Waals surface area contributed by atoms with Crippen molar-refractivity contribution in [3.63, 3.8) is 0 Å². The largest absolute Gasteiger partial charge is 0.497 e. The van der Waals surface area contributed by atoms with Gasteiger partial charge in [0.1, 0.15) is 11.4 Å². The normalized spacial score (nSPS) is 10.3. The first kappa shape index (κ1) is 19.0. The molecule has 4 N–H and O–H groups in total. The molecule has 8 heteroatoms. The monoisotopic (exact) mass is 370 g/mol. The summed E-state index contributed by atoms with van der Waals surface area (Å²) >= 11 is 0. The summed E-state index contributed by atoms with van der Waals surface area (Å²) in [5, 5.41) is 12.2. The van der Waals surface area contributed by atoms with Crippen LogP contribution in [0.15, 0.2) is 71.0 Å². The highest BCUT2D eigenvalue weighted by molar-refractivity contribution is 5.89. The van der Waals surface area contributed by atoms with E-state index in [1.165, 1.54) is 0 Å². The number of rotatable bonds is 5. The molecular formula is C18H19ClN6O. The fraction of sp³-hybridized carbons (Fsp3) is 0.0556. The maximum absolute atomic E-state index is 5.31. The van der Waals surface area contributed by atoms with E-state index in [4.69, 9.17) is 16.2 Å². The Labute approximate surface area is 157 Å². The molecule has 0 spiro atoms. The van der Waals surface area contributed by atoms with Crippen molar-refractivity contribution in [2.45, 2.75) is 0 Å². The molecule has 0 saturated carbocycles. The lowest BCUT2D eigenvalue weighted by Crippen LogP contribution is -2.21. The van der Waals surface area contributed by atoms with E-state index < -0.39 is 0 Å². The van der Waals surface area contributed by atoms with Gasteiger partial charge in [-0.25, -0.2) is 4.68 Å². The fourth-order valence-corrected chi connectivity index (χ4v) is 2.33. The molecule has 0 aliphatic carbocycles. The highest BCUT2D eigenvalue weighted by Crippen LogP contribution is 2.25. The van der Waals surface area contributed by atoms with E-state index in [9.17, 15) is 0 Å². The Morgan fingerprint density at radius 3 is 2.38 bits per heavy atom. The molecular weight excluding hydrogens is 352 g/mol. The molecule has 0 atom stereocenters. The smallest absolute Gasteiger partial charge is 0.211 e. The lowest BCUT2D eigenvalue weighted by Gasteiger charge is -2.02. The zero-order valence-corrected chi connectivity index (χ0v) is 14.9. The average Bonchev–Trinajstić information content (AvgIpc) is 3.06. The molecule has 26 heavy (non-hydrogen) atoms. The second-order valence-corrected chi connectivity index (χ2v) is 5.21. The van der Waals surface area contributed by atoms with Crippen LogP contribution in [0.3, 0.4) is 0 Å². The zero-order valence-electron chi connectivity index (χ0n) is 14.1. The minimum atomic E-state index is -0.0994. The van der Waals surface area contributed by atoms with Crippen molar-refractivity contribution in [3.8, 4) is 22.7 Å². The summed E-state index contributed by atoms with van der Waals surface area (Å²) in [6.45, 7) is 0. The molecule has 0 amide bonds. The molecule has 1 aromatic heterocycles. The fourth-order valence-electron chi connectivity index (χ4n) is 2.33. The van der Waals surface area contributed by atoms with Crippen LogP contribution in [0.25, 0.3) is 16.9 Å². The maximum atomic E-state index is 5.31. The van der Waals surface area contributed by atoms with E-state index in [0.29, 0.717) is 0 Å². The van der Waals surface area contributed by atoms with Crippen LogP contribution in [-0.4, -0.2) is 29.1 Å². The van der Waals surface area contributed by atoms with E-state index in [1.807, 2.05) is 60.8 Å². The van der Waals surface area contributed by atoms with Crippen molar-refractivity contribution in [1.82, 2.24) is 9.78 Å². The van der Waals surface area contributed by atoms with E-state index in [2.05, 4.69) is 15.3 Å².